The molecular weight excluding hydrogens is 228 g/mol. The maximum atomic E-state index is 3.67. The lowest BCUT2D eigenvalue weighted by Gasteiger charge is -2.24. The van der Waals surface area contributed by atoms with Crippen molar-refractivity contribution in [3.63, 3.8) is 0 Å². The van der Waals surface area contributed by atoms with Crippen LogP contribution in [0.4, 0.5) is 0 Å². The van der Waals surface area contributed by atoms with Gasteiger partial charge >= 0.3 is 0 Å². The first-order chi connectivity index (χ1) is 8.27. The zero-order chi connectivity index (χ0) is 12.1. The zero-order valence-electron chi connectivity index (χ0n) is 11.0. The van der Waals surface area contributed by atoms with E-state index >= 15 is 0 Å². The first-order valence-electron chi connectivity index (χ1n) is 6.74. The van der Waals surface area contributed by atoms with E-state index in [1.54, 1.807) is 0 Å². The second-order valence-electron chi connectivity index (χ2n) is 5.11. The van der Waals surface area contributed by atoms with E-state index in [2.05, 4.69) is 41.7 Å². The van der Waals surface area contributed by atoms with Gasteiger partial charge in [-0.2, -0.15) is 0 Å². The lowest BCUT2D eigenvalue weighted by molar-refractivity contribution is 0.260. The topological polar surface area (TPSA) is 15.3 Å². The molecule has 3 heteroatoms. The Hall–Kier alpha value is -0.380. The van der Waals surface area contributed by atoms with Crippen molar-refractivity contribution in [2.24, 2.45) is 0 Å². The number of nitrogens with zero attached hydrogens (tertiary/aromatic N) is 1. The van der Waals surface area contributed by atoms with E-state index in [1.807, 2.05) is 11.3 Å². The standard InChI is InChI=1S/C14H24N2S/c1-12(14-8-5-11-17-14)16(2)10-9-15-13-6-3-4-7-13/h5,8,11-13,15H,3-4,6-7,9-10H2,1-2H3. The first-order valence-corrected chi connectivity index (χ1v) is 7.62. The van der Waals surface area contributed by atoms with Gasteiger partial charge < -0.3 is 5.32 Å². The molecule has 0 amide bonds. The molecule has 1 saturated carbocycles. The van der Waals surface area contributed by atoms with Crippen molar-refractivity contribution in [3.8, 4) is 0 Å². The predicted octanol–water partition coefficient (Wildman–Crippen LogP) is 3.27. The van der Waals surface area contributed by atoms with Crippen LogP contribution in [0.3, 0.4) is 0 Å². The maximum absolute atomic E-state index is 3.67. The number of hydrogen-bond acceptors (Lipinski definition) is 3. The fourth-order valence-electron chi connectivity index (χ4n) is 2.51. The smallest absolute Gasteiger partial charge is 0.0410 e. The summed E-state index contributed by atoms with van der Waals surface area (Å²) >= 11 is 1.86. The van der Waals surface area contributed by atoms with Crippen LogP contribution >= 0.6 is 11.3 Å². The molecule has 0 bridgehead atoms. The molecule has 0 aliphatic heterocycles. The van der Waals surface area contributed by atoms with Gasteiger partial charge in [0.15, 0.2) is 0 Å². The Labute approximate surface area is 109 Å². The SMILES string of the molecule is CC(c1cccs1)N(C)CCNC1CCCC1. The van der Waals surface area contributed by atoms with Gasteiger partial charge in [0.25, 0.3) is 0 Å². The fraction of sp³-hybridized carbons (Fsp3) is 0.714. The maximum Gasteiger partial charge on any atom is 0.0410 e. The van der Waals surface area contributed by atoms with Crippen molar-refractivity contribution < 1.29 is 0 Å². The van der Waals surface area contributed by atoms with E-state index in [9.17, 15) is 0 Å². The Morgan fingerprint density at radius 1 is 1.47 bits per heavy atom. The monoisotopic (exact) mass is 252 g/mol. The molecule has 1 aromatic rings. The molecule has 17 heavy (non-hydrogen) atoms. The van der Waals surface area contributed by atoms with Gasteiger partial charge in [-0.05, 0) is 38.3 Å². The summed E-state index contributed by atoms with van der Waals surface area (Å²) in [6.45, 7) is 4.55. The molecule has 1 N–H and O–H groups in total. The van der Waals surface area contributed by atoms with Crippen LogP contribution in [0.15, 0.2) is 17.5 Å². The van der Waals surface area contributed by atoms with Crippen LogP contribution in [0.1, 0.15) is 43.5 Å². The van der Waals surface area contributed by atoms with Crippen LogP contribution in [0, 0.1) is 0 Å². The van der Waals surface area contributed by atoms with Crippen LogP contribution in [-0.4, -0.2) is 31.1 Å². The third kappa shape index (κ3) is 3.80. The predicted molar refractivity (Wildman–Crippen MR) is 75.6 cm³/mol. The molecule has 1 aromatic heterocycles. The molecule has 1 aliphatic carbocycles. The summed E-state index contributed by atoms with van der Waals surface area (Å²) in [5.74, 6) is 0. The number of thiophene rings is 1. The van der Waals surface area contributed by atoms with Gasteiger partial charge in [0.2, 0.25) is 0 Å². The fourth-order valence-corrected chi connectivity index (χ4v) is 3.36. The molecule has 0 spiro atoms. The summed E-state index contributed by atoms with van der Waals surface area (Å²) in [4.78, 5) is 3.90. The Balaban J connectivity index is 1.67. The minimum Gasteiger partial charge on any atom is -0.313 e. The molecular formula is C14H24N2S. The summed E-state index contributed by atoms with van der Waals surface area (Å²) in [6, 6.07) is 5.71. The van der Waals surface area contributed by atoms with Crippen molar-refractivity contribution in [2.75, 3.05) is 20.1 Å². The average molecular weight is 252 g/mol. The summed E-state index contributed by atoms with van der Waals surface area (Å²) in [6.07, 6.45) is 5.59. The van der Waals surface area contributed by atoms with Crippen LogP contribution in [0.5, 0.6) is 0 Å². The third-order valence-corrected chi connectivity index (χ3v) is 4.91. The van der Waals surface area contributed by atoms with Crippen molar-refractivity contribution in [1.29, 1.82) is 0 Å². The first kappa shape index (κ1) is 13.1. The van der Waals surface area contributed by atoms with E-state index in [0.29, 0.717) is 6.04 Å². The average Bonchev–Trinajstić information content (AvgIpc) is 3.00. The summed E-state index contributed by atoms with van der Waals surface area (Å²) in [5, 5.41) is 5.84. The van der Waals surface area contributed by atoms with Crippen LogP contribution in [-0.2, 0) is 0 Å². The van der Waals surface area contributed by atoms with E-state index in [-0.39, 0.29) is 0 Å². The minimum absolute atomic E-state index is 0.542. The second kappa shape index (κ2) is 6.53. The molecule has 1 heterocycles. The second-order valence-corrected chi connectivity index (χ2v) is 6.09. The molecule has 0 saturated heterocycles. The number of hydrogen-bond donors (Lipinski definition) is 1. The molecule has 2 rings (SSSR count). The molecule has 1 fully saturated rings. The molecule has 1 atom stereocenters. The highest BCUT2D eigenvalue weighted by Gasteiger charge is 2.15. The Morgan fingerprint density at radius 2 is 2.24 bits per heavy atom. The minimum atomic E-state index is 0.542. The lowest BCUT2D eigenvalue weighted by atomic mass is 10.2. The van der Waals surface area contributed by atoms with Gasteiger partial charge in [-0.3, -0.25) is 4.90 Å². The van der Waals surface area contributed by atoms with Crippen LogP contribution in [0.2, 0.25) is 0 Å². The summed E-state index contributed by atoms with van der Waals surface area (Å²) in [5.41, 5.74) is 0. The molecule has 1 unspecified atom stereocenters. The molecule has 1 aliphatic rings. The number of likely N-dealkylation sites (N-methyl/N-ethyl adjacent to an activating group) is 1. The van der Waals surface area contributed by atoms with Gasteiger partial charge in [0, 0.05) is 30.1 Å². The zero-order valence-corrected chi connectivity index (χ0v) is 11.8. The Bertz CT molecular complexity index is 304. The summed E-state index contributed by atoms with van der Waals surface area (Å²) in [7, 11) is 2.22. The quantitative estimate of drug-likeness (QED) is 0.836. The van der Waals surface area contributed by atoms with Crippen LogP contribution in [0.25, 0.3) is 0 Å². The highest BCUT2D eigenvalue weighted by molar-refractivity contribution is 7.10. The Morgan fingerprint density at radius 3 is 2.88 bits per heavy atom. The van der Waals surface area contributed by atoms with E-state index in [1.165, 1.54) is 30.6 Å². The highest BCUT2D eigenvalue weighted by atomic mass is 32.1. The van der Waals surface area contributed by atoms with E-state index < -0.39 is 0 Å². The molecule has 0 radical (unpaired) electrons. The van der Waals surface area contributed by atoms with Crippen LogP contribution < -0.4 is 5.32 Å². The van der Waals surface area contributed by atoms with Gasteiger partial charge in [-0.15, -0.1) is 11.3 Å². The van der Waals surface area contributed by atoms with Crippen molar-refractivity contribution in [1.82, 2.24) is 10.2 Å². The number of nitrogens with one attached hydrogen (secondary N) is 1. The van der Waals surface area contributed by atoms with E-state index in [4.69, 9.17) is 0 Å². The normalized spacial score (nSPS) is 19.0. The van der Waals surface area contributed by atoms with Gasteiger partial charge in [0.05, 0.1) is 0 Å². The molecule has 0 aromatic carbocycles. The van der Waals surface area contributed by atoms with Gasteiger partial charge in [0.1, 0.15) is 0 Å². The van der Waals surface area contributed by atoms with E-state index in [0.717, 1.165) is 19.1 Å². The van der Waals surface area contributed by atoms with Gasteiger partial charge in [-0.1, -0.05) is 18.9 Å². The largest absolute Gasteiger partial charge is 0.313 e. The summed E-state index contributed by atoms with van der Waals surface area (Å²) < 4.78 is 0. The molecule has 96 valence electrons. The Kier molecular flexibility index (Phi) is 5.01. The van der Waals surface area contributed by atoms with Crippen molar-refractivity contribution in [3.05, 3.63) is 22.4 Å². The van der Waals surface area contributed by atoms with Gasteiger partial charge in [-0.25, -0.2) is 0 Å². The van der Waals surface area contributed by atoms with Crippen molar-refractivity contribution >= 4 is 11.3 Å². The lowest BCUT2D eigenvalue weighted by Crippen LogP contribution is -2.35. The third-order valence-electron chi connectivity index (χ3n) is 3.87. The highest BCUT2D eigenvalue weighted by Crippen LogP contribution is 2.23. The number of rotatable bonds is 6. The molecule has 2 nitrogen and oxygen atoms in total. The van der Waals surface area contributed by atoms with Crippen molar-refractivity contribution in [2.45, 2.75) is 44.7 Å².